The summed E-state index contributed by atoms with van der Waals surface area (Å²) in [4.78, 5) is 10.6. The first-order chi connectivity index (χ1) is 6.20. The minimum absolute atomic E-state index is 0.240. The zero-order valence-electron chi connectivity index (χ0n) is 6.90. The summed E-state index contributed by atoms with van der Waals surface area (Å²) in [7, 11) is 0. The summed E-state index contributed by atoms with van der Waals surface area (Å²) in [5.41, 5.74) is 6.13. The van der Waals surface area contributed by atoms with Crippen LogP contribution in [-0.2, 0) is 10.5 Å². The number of amides is 1. The van der Waals surface area contributed by atoms with Crippen molar-refractivity contribution in [3.05, 3.63) is 35.9 Å². The van der Waals surface area contributed by atoms with Crippen LogP contribution in [0.1, 0.15) is 5.56 Å². The molecule has 0 aliphatic rings. The van der Waals surface area contributed by atoms with Crippen molar-refractivity contribution < 1.29 is 4.79 Å². The number of primary amides is 1. The number of rotatable bonds is 2. The van der Waals surface area contributed by atoms with E-state index in [9.17, 15) is 4.79 Å². The molecule has 0 aliphatic carbocycles. The number of thioether (sulfide) groups is 1. The van der Waals surface area contributed by atoms with Gasteiger partial charge in [-0.3, -0.25) is 4.79 Å². The fraction of sp³-hybridized carbons (Fsp3) is 0.111. The van der Waals surface area contributed by atoms with Crippen molar-refractivity contribution in [2.24, 2.45) is 5.73 Å². The molecule has 0 fully saturated rings. The highest BCUT2D eigenvalue weighted by atomic mass is 32.2. The molecule has 0 atom stereocenters. The first kappa shape index (κ1) is 10.2. The standard InChI is InChI=1S/C9H9NOS2/c10-8(11)9(12)13-6-7-4-2-1-3-5-7/h1-5H,6H2,(H2,10,11). The molecule has 1 rings (SSSR count). The van der Waals surface area contributed by atoms with E-state index in [0.29, 0.717) is 5.75 Å². The van der Waals surface area contributed by atoms with Gasteiger partial charge in [-0.05, 0) is 5.56 Å². The second kappa shape index (κ2) is 4.99. The maximum Gasteiger partial charge on any atom is 0.266 e. The summed E-state index contributed by atoms with van der Waals surface area (Å²) >= 11 is 6.06. The summed E-state index contributed by atoms with van der Waals surface area (Å²) < 4.78 is 0.240. The van der Waals surface area contributed by atoms with Gasteiger partial charge in [0.2, 0.25) is 0 Å². The lowest BCUT2D eigenvalue weighted by Crippen LogP contribution is -2.18. The van der Waals surface area contributed by atoms with Gasteiger partial charge in [-0.25, -0.2) is 0 Å². The number of hydrogen-bond donors (Lipinski definition) is 1. The maximum absolute atomic E-state index is 10.6. The molecular weight excluding hydrogens is 202 g/mol. The quantitative estimate of drug-likeness (QED) is 0.758. The molecule has 0 unspecified atom stereocenters. The molecule has 1 amide bonds. The smallest absolute Gasteiger partial charge is 0.266 e. The summed E-state index contributed by atoms with van der Waals surface area (Å²) in [6.45, 7) is 0. The average molecular weight is 211 g/mol. The molecule has 13 heavy (non-hydrogen) atoms. The Kier molecular flexibility index (Phi) is 3.92. The lowest BCUT2D eigenvalue weighted by Gasteiger charge is -1.99. The second-order valence-corrected chi connectivity index (χ2v) is 4.08. The minimum atomic E-state index is -0.518. The van der Waals surface area contributed by atoms with Crippen molar-refractivity contribution >= 4 is 34.1 Å². The van der Waals surface area contributed by atoms with Crippen molar-refractivity contribution in [2.75, 3.05) is 0 Å². The van der Waals surface area contributed by atoms with Crippen LogP contribution in [-0.4, -0.2) is 10.1 Å². The minimum Gasteiger partial charge on any atom is -0.364 e. The summed E-state index contributed by atoms with van der Waals surface area (Å²) in [6, 6.07) is 9.81. The highest BCUT2D eigenvalue weighted by Crippen LogP contribution is 2.13. The Morgan fingerprint density at radius 2 is 2.00 bits per heavy atom. The van der Waals surface area contributed by atoms with Crippen molar-refractivity contribution in [1.82, 2.24) is 0 Å². The Hall–Kier alpha value is -0.870. The topological polar surface area (TPSA) is 43.1 Å². The van der Waals surface area contributed by atoms with E-state index in [2.05, 4.69) is 0 Å². The summed E-state index contributed by atoms with van der Waals surface area (Å²) in [5.74, 6) is 0.179. The molecule has 0 bridgehead atoms. The first-order valence-electron chi connectivity index (χ1n) is 3.70. The molecule has 0 radical (unpaired) electrons. The zero-order valence-corrected chi connectivity index (χ0v) is 8.53. The predicted molar refractivity (Wildman–Crippen MR) is 59.5 cm³/mol. The monoisotopic (exact) mass is 211 g/mol. The molecule has 1 aromatic rings. The van der Waals surface area contributed by atoms with Crippen molar-refractivity contribution in [3.63, 3.8) is 0 Å². The summed E-state index contributed by atoms with van der Waals surface area (Å²) in [6.07, 6.45) is 0. The van der Waals surface area contributed by atoms with Crippen LogP contribution in [0, 0.1) is 0 Å². The van der Waals surface area contributed by atoms with Crippen LogP contribution in [0.5, 0.6) is 0 Å². The Labute approximate surface area is 86.5 Å². The fourth-order valence-electron chi connectivity index (χ4n) is 0.794. The lowest BCUT2D eigenvalue weighted by molar-refractivity contribution is -0.111. The van der Waals surface area contributed by atoms with E-state index in [1.807, 2.05) is 30.3 Å². The molecule has 1 aromatic carbocycles. The molecule has 0 aliphatic heterocycles. The Morgan fingerprint density at radius 1 is 1.38 bits per heavy atom. The van der Waals surface area contributed by atoms with Gasteiger partial charge in [0.1, 0.15) is 4.20 Å². The molecule has 0 aromatic heterocycles. The van der Waals surface area contributed by atoms with E-state index < -0.39 is 5.91 Å². The van der Waals surface area contributed by atoms with Gasteiger partial charge in [0.05, 0.1) is 0 Å². The van der Waals surface area contributed by atoms with Crippen LogP contribution in [0.15, 0.2) is 30.3 Å². The van der Waals surface area contributed by atoms with Crippen LogP contribution in [0.4, 0.5) is 0 Å². The summed E-state index contributed by atoms with van der Waals surface area (Å²) in [5, 5.41) is 0. The molecule has 0 spiro atoms. The zero-order chi connectivity index (χ0) is 9.68. The molecule has 2 nitrogen and oxygen atoms in total. The largest absolute Gasteiger partial charge is 0.364 e. The number of hydrogen-bond acceptors (Lipinski definition) is 3. The van der Waals surface area contributed by atoms with Crippen molar-refractivity contribution in [1.29, 1.82) is 0 Å². The normalized spacial score (nSPS) is 9.54. The SMILES string of the molecule is NC(=O)C(=S)SCc1ccccc1. The number of benzene rings is 1. The van der Waals surface area contributed by atoms with E-state index in [0.717, 1.165) is 5.56 Å². The van der Waals surface area contributed by atoms with E-state index >= 15 is 0 Å². The first-order valence-corrected chi connectivity index (χ1v) is 5.10. The third kappa shape index (κ3) is 3.57. The van der Waals surface area contributed by atoms with E-state index in [4.69, 9.17) is 18.0 Å². The highest BCUT2D eigenvalue weighted by molar-refractivity contribution is 8.24. The van der Waals surface area contributed by atoms with Gasteiger partial charge in [-0.1, -0.05) is 42.5 Å². The van der Waals surface area contributed by atoms with Gasteiger partial charge in [-0.2, -0.15) is 0 Å². The number of carbonyl (C=O) groups excluding carboxylic acids is 1. The van der Waals surface area contributed by atoms with Crippen LogP contribution >= 0.6 is 24.0 Å². The number of thiocarbonyl (C=S) groups is 1. The van der Waals surface area contributed by atoms with Crippen molar-refractivity contribution in [3.8, 4) is 0 Å². The van der Waals surface area contributed by atoms with E-state index in [-0.39, 0.29) is 4.20 Å². The Morgan fingerprint density at radius 3 is 2.54 bits per heavy atom. The lowest BCUT2D eigenvalue weighted by atomic mass is 10.2. The number of carbonyl (C=O) groups is 1. The van der Waals surface area contributed by atoms with Crippen LogP contribution < -0.4 is 5.73 Å². The third-order valence-corrected chi connectivity index (χ3v) is 2.91. The van der Waals surface area contributed by atoms with Gasteiger partial charge < -0.3 is 5.73 Å². The van der Waals surface area contributed by atoms with E-state index in [1.165, 1.54) is 11.8 Å². The van der Waals surface area contributed by atoms with Gasteiger partial charge in [0, 0.05) is 5.75 Å². The number of nitrogens with two attached hydrogens (primary N) is 1. The highest BCUT2D eigenvalue weighted by Gasteiger charge is 2.03. The molecule has 0 saturated carbocycles. The van der Waals surface area contributed by atoms with Crippen LogP contribution in [0.2, 0.25) is 0 Å². The van der Waals surface area contributed by atoms with Gasteiger partial charge in [0.15, 0.2) is 0 Å². The molecule has 0 saturated heterocycles. The Balaban J connectivity index is 2.44. The Bertz CT molecular complexity index is 311. The van der Waals surface area contributed by atoms with E-state index in [1.54, 1.807) is 0 Å². The average Bonchev–Trinajstić information content (AvgIpc) is 2.15. The van der Waals surface area contributed by atoms with Crippen LogP contribution in [0.25, 0.3) is 0 Å². The van der Waals surface area contributed by atoms with Gasteiger partial charge in [0.25, 0.3) is 5.91 Å². The molecular formula is C9H9NOS2. The predicted octanol–water partition coefficient (Wildman–Crippen LogP) is 1.73. The fourth-order valence-corrected chi connectivity index (χ4v) is 1.60. The molecule has 2 N–H and O–H groups in total. The van der Waals surface area contributed by atoms with Crippen LogP contribution in [0.3, 0.4) is 0 Å². The third-order valence-electron chi connectivity index (χ3n) is 1.41. The molecule has 68 valence electrons. The van der Waals surface area contributed by atoms with Gasteiger partial charge >= 0.3 is 0 Å². The molecule has 0 heterocycles. The molecule has 4 heteroatoms. The second-order valence-electron chi connectivity index (χ2n) is 2.43. The maximum atomic E-state index is 10.6. The van der Waals surface area contributed by atoms with Crippen molar-refractivity contribution in [2.45, 2.75) is 5.75 Å². The van der Waals surface area contributed by atoms with Gasteiger partial charge in [-0.15, -0.1) is 11.8 Å².